The Balaban J connectivity index is 1.48. The smallest absolute Gasteiger partial charge is 0.335 e. The van der Waals surface area contributed by atoms with E-state index in [0.29, 0.717) is 30.5 Å². The van der Waals surface area contributed by atoms with Crippen molar-refractivity contribution in [3.63, 3.8) is 0 Å². The van der Waals surface area contributed by atoms with Gasteiger partial charge in [-0.2, -0.15) is 0 Å². The lowest BCUT2D eigenvalue weighted by molar-refractivity contribution is 0.0550. The normalized spacial score (nSPS) is 20.5. The van der Waals surface area contributed by atoms with E-state index < -0.39 is 5.97 Å². The molecule has 1 aromatic carbocycles. The quantitative estimate of drug-likeness (QED) is 0.794. The lowest BCUT2D eigenvalue weighted by Gasteiger charge is -2.40. The molecular formula is C24H32N4O3. The lowest BCUT2D eigenvalue weighted by Crippen LogP contribution is -2.44. The number of carbonyl (C=O) groups is 2. The molecule has 7 heteroatoms. The highest BCUT2D eigenvalue weighted by Gasteiger charge is 2.36. The van der Waals surface area contributed by atoms with E-state index in [4.69, 9.17) is 4.98 Å². The highest BCUT2D eigenvalue weighted by molar-refractivity contribution is 5.97. The molecule has 4 rings (SSSR count). The zero-order valence-electron chi connectivity index (χ0n) is 18.4. The first-order valence-corrected chi connectivity index (χ1v) is 11.3. The zero-order valence-corrected chi connectivity index (χ0v) is 18.4. The Kier molecular flexibility index (Phi) is 6.41. The molecule has 1 atom stereocenters. The van der Waals surface area contributed by atoms with Gasteiger partial charge >= 0.3 is 5.97 Å². The number of carboxylic acids is 1. The van der Waals surface area contributed by atoms with Crippen LogP contribution in [0.3, 0.4) is 0 Å². The minimum absolute atomic E-state index is 0.0806. The van der Waals surface area contributed by atoms with Crippen LogP contribution >= 0.6 is 0 Å². The van der Waals surface area contributed by atoms with Crippen LogP contribution in [0.5, 0.6) is 0 Å². The van der Waals surface area contributed by atoms with Gasteiger partial charge in [0.2, 0.25) is 0 Å². The van der Waals surface area contributed by atoms with Crippen molar-refractivity contribution in [1.82, 2.24) is 19.4 Å². The van der Waals surface area contributed by atoms with Crippen LogP contribution in [0, 0.1) is 11.8 Å². The van der Waals surface area contributed by atoms with Crippen molar-refractivity contribution in [2.45, 2.75) is 45.7 Å². The Morgan fingerprint density at radius 1 is 1.13 bits per heavy atom. The number of piperidine rings is 1. The second-order valence-corrected chi connectivity index (χ2v) is 9.18. The van der Waals surface area contributed by atoms with Crippen LogP contribution in [0.15, 0.2) is 36.7 Å². The molecular weight excluding hydrogens is 392 g/mol. The summed E-state index contributed by atoms with van der Waals surface area (Å²) in [7, 11) is 0. The lowest BCUT2D eigenvalue weighted by atomic mass is 9.87. The van der Waals surface area contributed by atoms with Gasteiger partial charge in [-0.05, 0) is 49.3 Å². The standard InChI is InChI=1S/C24H32N4O3/c1-17(2)16-28-11-4-10-26-14-9-25-22(26)21(28)18-7-12-27(13-8-18)23(29)19-5-3-6-20(15-19)24(30)31/h3,5-6,9,14-15,17-18,21H,4,7-8,10-13,16H2,1-2H3,(H,30,31). The number of imidazole rings is 1. The van der Waals surface area contributed by atoms with Gasteiger partial charge < -0.3 is 14.6 Å². The monoisotopic (exact) mass is 424 g/mol. The number of nitrogens with zero attached hydrogens (tertiary/aromatic N) is 4. The van der Waals surface area contributed by atoms with Crippen LogP contribution in [0.1, 0.15) is 65.7 Å². The molecule has 0 aliphatic carbocycles. The molecule has 1 aromatic heterocycles. The first-order valence-electron chi connectivity index (χ1n) is 11.3. The van der Waals surface area contributed by atoms with Crippen molar-refractivity contribution in [1.29, 1.82) is 0 Å². The second kappa shape index (κ2) is 9.22. The van der Waals surface area contributed by atoms with Crippen LogP contribution in [0.4, 0.5) is 0 Å². The number of aryl methyl sites for hydroxylation is 1. The van der Waals surface area contributed by atoms with Gasteiger partial charge in [0.15, 0.2) is 0 Å². The number of hydrogen-bond acceptors (Lipinski definition) is 4. The van der Waals surface area contributed by atoms with Crippen molar-refractivity contribution < 1.29 is 14.7 Å². The summed E-state index contributed by atoms with van der Waals surface area (Å²) in [5.74, 6) is 1.11. The Hall–Kier alpha value is -2.67. The van der Waals surface area contributed by atoms with E-state index in [9.17, 15) is 14.7 Å². The molecule has 166 valence electrons. The number of carboxylic acid groups (broad SMARTS) is 1. The molecule has 1 amide bonds. The molecule has 0 radical (unpaired) electrons. The SMILES string of the molecule is CC(C)CN1CCCn2ccnc2C1C1CCN(C(=O)c2cccc(C(=O)O)c2)CC1. The van der Waals surface area contributed by atoms with Crippen molar-refractivity contribution in [2.75, 3.05) is 26.2 Å². The molecule has 2 aromatic rings. The predicted octanol–water partition coefficient (Wildman–Crippen LogP) is 3.54. The number of likely N-dealkylation sites (tertiary alicyclic amines) is 1. The van der Waals surface area contributed by atoms with E-state index in [1.54, 1.807) is 12.1 Å². The van der Waals surface area contributed by atoms with Gasteiger partial charge in [0.1, 0.15) is 5.82 Å². The van der Waals surface area contributed by atoms with Crippen LogP contribution in [-0.4, -0.2) is 62.5 Å². The molecule has 0 bridgehead atoms. The average molecular weight is 425 g/mol. The topological polar surface area (TPSA) is 78.7 Å². The Morgan fingerprint density at radius 3 is 2.58 bits per heavy atom. The molecule has 1 saturated heterocycles. The fourth-order valence-corrected chi connectivity index (χ4v) is 5.09. The molecule has 1 N–H and O–H groups in total. The average Bonchev–Trinajstić information content (AvgIpc) is 3.15. The fraction of sp³-hybridized carbons (Fsp3) is 0.542. The zero-order chi connectivity index (χ0) is 22.0. The number of carbonyl (C=O) groups excluding carboxylic acids is 1. The van der Waals surface area contributed by atoms with Crippen molar-refractivity contribution in [2.24, 2.45) is 11.8 Å². The summed E-state index contributed by atoms with van der Waals surface area (Å²) < 4.78 is 2.31. The Bertz CT molecular complexity index is 930. The van der Waals surface area contributed by atoms with E-state index in [1.165, 1.54) is 12.1 Å². The molecule has 0 saturated carbocycles. The van der Waals surface area contributed by atoms with Crippen molar-refractivity contribution >= 4 is 11.9 Å². The second-order valence-electron chi connectivity index (χ2n) is 9.18. The minimum Gasteiger partial charge on any atom is -0.478 e. The number of benzene rings is 1. The highest BCUT2D eigenvalue weighted by Crippen LogP contribution is 2.37. The summed E-state index contributed by atoms with van der Waals surface area (Å²) in [6.07, 6.45) is 6.99. The Labute approximate surface area is 183 Å². The number of amides is 1. The first-order chi connectivity index (χ1) is 14.9. The Morgan fingerprint density at radius 2 is 1.87 bits per heavy atom. The van der Waals surface area contributed by atoms with Crippen LogP contribution in [-0.2, 0) is 6.54 Å². The third kappa shape index (κ3) is 4.66. The van der Waals surface area contributed by atoms with Gasteiger partial charge in [0.25, 0.3) is 5.91 Å². The largest absolute Gasteiger partial charge is 0.478 e. The van der Waals surface area contributed by atoms with Crippen LogP contribution in [0.25, 0.3) is 0 Å². The minimum atomic E-state index is -1.01. The predicted molar refractivity (Wildman–Crippen MR) is 118 cm³/mol. The van der Waals surface area contributed by atoms with E-state index >= 15 is 0 Å². The van der Waals surface area contributed by atoms with Gasteiger partial charge in [-0.15, -0.1) is 0 Å². The number of aromatic nitrogens is 2. The summed E-state index contributed by atoms with van der Waals surface area (Å²) in [6.45, 7) is 9.05. The molecule has 2 aliphatic rings. The van der Waals surface area contributed by atoms with E-state index in [1.807, 2.05) is 11.1 Å². The maximum Gasteiger partial charge on any atom is 0.335 e. The van der Waals surface area contributed by atoms with Crippen LogP contribution in [0.2, 0.25) is 0 Å². The summed E-state index contributed by atoms with van der Waals surface area (Å²) >= 11 is 0. The molecule has 3 heterocycles. The van der Waals surface area contributed by atoms with Gasteiger partial charge in [-0.25, -0.2) is 9.78 Å². The maximum absolute atomic E-state index is 13.0. The van der Waals surface area contributed by atoms with Crippen LogP contribution < -0.4 is 0 Å². The van der Waals surface area contributed by atoms with Gasteiger partial charge in [-0.3, -0.25) is 9.69 Å². The number of rotatable bonds is 5. The maximum atomic E-state index is 13.0. The van der Waals surface area contributed by atoms with E-state index in [-0.39, 0.29) is 17.5 Å². The van der Waals surface area contributed by atoms with Gasteiger partial charge in [0.05, 0.1) is 11.6 Å². The molecule has 1 unspecified atom stereocenters. The summed E-state index contributed by atoms with van der Waals surface area (Å²) in [5.41, 5.74) is 0.597. The summed E-state index contributed by atoms with van der Waals surface area (Å²) in [6, 6.07) is 6.62. The first kappa shape index (κ1) is 21.6. The van der Waals surface area contributed by atoms with Crippen molar-refractivity contribution in [3.8, 4) is 0 Å². The molecule has 2 aliphatic heterocycles. The number of aromatic carboxylic acids is 1. The molecule has 1 fully saturated rings. The number of hydrogen-bond donors (Lipinski definition) is 1. The van der Waals surface area contributed by atoms with E-state index in [2.05, 4.69) is 29.5 Å². The third-order valence-corrected chi connectivity index (χ3v) is 6.48. The molecule has 31 heavy (non-hydrogen) atoms. The van der Waals surface area contributed by atoms with E-state index in [0.717, 1.165) is 44.7 Å². The molecule has 0 spiro atoms. The van der Waals surface area contributed by atoms with Gasteiger partial charge in [0, 0.05) is 50.7 Å². The third-order valence-electron chi connectivity index (χ3n) is 6.48. The van der Waals surface area contributed by atoms with Gasteiger partial charge in [-0.1, -0.05) is 19.9 Å². The fourth-order valence-electron chi connectivity index (χ4n) is 5.09. The highest BCUT2D eigenvalue weighted by atomic mass is 16.4. The molecule has 7 nitrogen and oxygen atoms in total. The van der Waals surface area contributed by atoms with Crippen molar-refractivity contribution in [3.05, 3.63) is 53.6 Å². The summed E-state index contributed by atoms with van der Waals surface area (Å²) in [4.78, 5) is 33.5. The summed E-state index contributed by atoms with van der Waals surface area (Å²) in [5, 5.41) is 9.22. The number of fused-ring (bicyclic) bond motifs is 1.